The van der Waals surface area contributed by atoms with Gasteiger partial charge < -0.3 is 5.11 Å². The van der Waals surface area contributed by atoms with Crippen LogP contribution in [0.1, 0.15) is 90.4 Å². The molecule has 0 aromatic heterocycles. The number of hydrogen-bond acceptors (Lipinski definition) is 1. The second kappa shape index (κ2) is 15.3. The minimum Gasteiger partial charge on any atom is -0.481 e. The predicted octanol–water partition coefficient (Wildman–Crippen LogP) is 5.72. The van der Waals surface area contributed by atoms with E-state index in [0.717, 1.165) is 12.8 Å². The van der Waals surface area contributed by atoms with E-state index in [0.29, 0.717) is 6.42 Å². The Morgan fingerprint density at radius 2 is 1.26 bits per heavy atom. The predicted molar refractivity (Wildman–Crippen MR) is 82.5 cm³/mol. The fourth-order valence-corrected chi connectivity index (χ4v) is 2.17. The number of unbranched alkanes of at least 4 members (excludes halogenated alkanes) is 10. The molecule has 0 spiro atoms. The van der Waals surface area contributed by atoms with Gasteiger partial charge in [-0.05, 0) is 32.1 Å². The molecule has 2 nitrogen and oxygen atoms in total. The first-order valence-electron chi connectivity index (χ1n) is 8.14. The van der Waals surface area contributed by atoms with Crippen LogP contribution in [0.4, 0.5) is 0 Å². The SMILES string of the molecule is CCCCCC/C=C/CCCCCCCCC(=O)O. The second-order valence-corrected chi connectivity index (χ2v) is 5.37. The zero-order chi connectivity index (χ0) is 14.2. The fraction of sp³-hybridized carbons (Fsp3) is 0.824. The lowest BCUT2D eigenvalue weighted by Crippen LogP contribution is -1.93. The first-order valence-corrected chi connectivity index (χ1v) is 8.14. The van der Waals surface area contributed by atoms with E-state index >= 15 is 0 Å². The molecule has 0 heterocycles. The van der Waals surface area contributed by atoms with Crippen molar-refractivity contribution in [1.29, 1.82) is 0 Å². The highest BCUT2D eigenvalue weighted by Gasteiger charge is 1.96. The van der Waals surface area contributed by atoms with Gasteiger partial charge in [0.1, 0.15) is 0 Å². The van der Waals surface area contributed by atoms with Crippen LogP contribution in [0.25, 0.3) is 0 Å². The lowest BCUT2D eigenvalue weighted by atomic mass is 10.1. The summed E-state index contributed by atoms with van der Waals surface area (Å²) in [4.78, 5) is 10.3. The quantitative estimate of drug-likeness (QED) is 0.323. The zero-order valence-electron chi connectivity index (χ0n) is 12.7. The highest BCUT2D eigenvalue weighted by Crippen LogP contribution is 2.09. The first kappa shape index (κ1) is 18.2. The highest BCUT2D eigenvalue weighted by molar-refractivity contribution is 5.66. The number of carboxylic acids is 1. The molecule has 0 amide bonds. The molecule has 0 aliphatic heterocycles. The Kier molecular flexibility index (Phi) is 14.6. The van der Waals surface area contributed by atoms with Crippen LogP contribution >= 0.6 is 0 Å². The van der Waals surface area contributed by atoms with Crippen molar-refractivity contribution in [2.24, 2.45) is 0 Å². The molecule has 0 unspecified atom stereocenters. The summed E-state index contributed by atoms with van der Waals surface area (Å²) >= 11 is 0. The maximum Gasteiger partial charge on any atom is 0.303 e. The molecule has 0 aliphatic rings. The number of aliphatic carboxylic acids is 1. The number of carbonyl (C=O) groups is 1. The van der Waals surface area contributed by atoms with Gasteiger partial charge in [-0.1, -0.05) is 64.0 Å². The van der Waals surface area contributed by atoms with Crippen molar-refractivity contribution in [3.8, 4) is 0 Å². The summed E-state index contributed by atoms with van der Waals surface area (Å²) in [6, 6.07) is 0. The number of carboxylic acid groups (broad SMARTS) is 1. The van der Waals surface area contributed by atoms with Gasteiger partial charge in [0.25, 0.3) is 0 Å². The fourth-order valence-electron chi connectivity index (χ4n) is 2.17. The lowest BCUT2D eigenvalue weighted by Gasteiger charge is -1.99. The first-order chi connectivity index (χ1) is 9.27. The Balaban J connectivity index is 3.05. The summed E-state index contributed by atoms with van der Waals surface area (Å²) in [5.74, 6) is -0.663. The van der Waals surface area contributed by atoms with Gasteiger partial charge in [0.15, 0.2) is 0 Å². The molecule has 0 aromatic rings. The molecule has 0 atom stereocenters. The molecule has 19 heavy (non-hydrogen) atoms. The van der Waals surface area contributed by atoms with Crippen LogP contribution in [0.15, 0.2) is 12.2 Å². The molecule has 0 radical (unpaired) electrons. The van der Waals surface area contributed by atoms with Gasteiger partial charge in [-0.15, -0.1) is 0 Å². The Morgan fingerprint density at radius 3 is 1.79 bits per heavy atom. The van der Waals surface area contributed by atoms with Crippen LogP contribution in [0.5, 0.6) is 0 Å². The number of rotatable bonds is 14. The molecule has 0 rings (SSSR count). The van der Waals surface area contributed by atoms with Crippen molar-refractivity contribution in [3.05, 3.63) is 12.2 Å². The van der Waals surface area contributed by atoms with E-state index in [4.69, 9.17) is 5.11 Å². The van der Waals surface area contributed by atoms with Crippen molar-refractivity contribution in [2.45, 2.75) is 90.4 Å². The van der Waals surface area contributed by atoms with E-state index in [1.54, 1.807) is 0 Å². The molecule has 0 aromatic carbocycles. The molecule has 0 aliphatic carbocycles. The number of allylic oxidation sites excluding steroid dienone is 2. The normalized spacial score (nSPS) is 11.2. The molecule has 0 fully saturated rings. The average Bonchev–Trinajstić information content (AvgIpc) is 2.39. The van der Waals surface area contributed by atoms with Crippen molar-refractivity contribution in [1.82, 2.24) is 0 Å². The lowest BCUT2D eigenvalue weighted by molar-refractivity contribution is -0.137. The third kappa shape index (κ3) is 17.2. The summed E-state index contributed by atoms with van der Waals surface area (Å²) in [6.45, 7) is 2.25. The van der Waals surface area contributed by atoms with Gasteiger partial charge in [-0.25, -0.2) is 0 Å². The molecule has 1 N–H and O–H groups in total. The van der Waals surface area contributed by atoms with Gasteiger partial charge in [-0.2, -0.15) is 0 Å². The minimum absolute atomic E-state index is 0.334. The zero-order valence-corrected chi connectivity index (χ0v) is 12.7. The van der Waals surface area contributed by atoms with Crippen molar-refractivity contribution in [3.63, 3.8) is 0 Å². The average molecular weight is 268 g/mol. The van der Waals surface area contributed by atoms with Gasteiger partial charge in [0, 0.05) is 6.42 Å². The van der Waals surface area contributed by atoms with Crippen LogP contribution in [0.2, 0.25) is 0 Å². The standard InChI is InChI=1S/C17H32O2/c1-2-3-4-5-6-7-8-9-10-11-12-13-14-15-16-17(18)19/h7-8H,2-6,9-16H2,1H3,(H,18,19)/b8-7+. The molecule has 0 bridgehead atoms. The van der Waals surface area contributed by atoms with Gasteiger partial charge in [0.2, 0.25) is 0 Å². The third-order valence-electron chi connectivity index (χ3n) is 3.40. The van der Waals surface area contributed by atoms with E-state index in [1.807, 2.05) is 0 Å². The molecule has 0 saturated carbocycles. The third-order valence-corrected chi connectivity index (χ3v) is 3.40. The van der Waals surface area contributed by atoms with Gasteiger partial charge in [-0.3, -0.25) is 4.79 Å². The Morgan fingerprint density at radius 1 is 0.789 bits per heavy atom. The van der Waals surface area contributed by atoms with E-state index < -0.39 is 5.97 Å². The maximum absolute atomic E-state index is 10.3. The summed E-state index contributed by atoms with van der Waals surface area (Å²) < 4.78 is 0. The van der Waals surface area contributed by atoms with Crippen LogP contribution in [0.3, 0.4) is 0 Å². The van der Waals surface area contributed by atoms with Crippen LogP contribution in [-0.2, 0) is 4.79 Å². The van der Waals surface area contributed by atoms with Gasteiger partial charge in [0.05, 0.1) is 0 Å². The van der Waals surface area contributed by atoms with Crippen molar-refractivity contribution >= 4 is 5.97 Å². The smallest absolute Gasteiger partial charge is 0.303 e. The Labute approximate surface area is 119 Å². The van der Waals surface area contributed by atoms with E-state index in [-0.39, 0.29) is 0 Å². The van der Waals surface area contributed by atoms with Crippen LogP contribution < -0.4 is 0 Å². The number of hydrogen-bond donors (Lipinski definition) is 1. The highest BCUT2D eigenvalue weighted by atomic mass is 16.4. The molecule has 112 valence electrons. The molecule has 0 saturated heterocycles. The summed E-state index contributed by atoms with van der Waals surface area (Å²) in [7, 11) is 0. The topological polar surface area (TPSA) is 37.3 Å². The summed E-state index contributed by atoms with van der Waals surface area (Å²) in [5, 5.41) is 8.50. The van der Waals surface area contributed by atoms with Crippen molar-refractivity contribution in [2.75, 3.05) is 0 Å². The summed E-state index contributed by atoms with van der Waals surface area (Å²) in [5.41, 5.74) is 0. The summed E-state index contributed by atoms with van der Waals surface area (Å²) in [6.07, 6.45) is 19.8. The second-order valence-electron chi connectivity index (χ2n) is 5.37. The van der Waals surface area contributed by atoms with Gasteiger partial charge >= 0.3 is 5.97 Å². The maximum atomic E-state index is 10.3. The molecule has 2 heteroatoms. The van der Waals surface area contributed by atoms with Crippen LogP contribution in [0, 0.1) is 0 Å². The minimum atomic E-state index is -0.663. The van der Waals surface area contributed by atoms with E-state index in [2.05, 4.69) is 19.1 Å². The Hall–Kier alpha value is -0.790. The Bertz CT molecular complexity index is 221. The molecular weight excluding hydrogens is 236 g/mol. The van der Waals surface area contributed by atoms with Crippen molar-refractivity contribution < 1.29 is 9.90 Å². The molecular formula is C17H32O2. The largest absolute Gasteiger partial charge is 0.481 e. The van der Waals surface area contributed by atoms with E-state index in [1.165, 1.54) is 64.2 Å². The van der Waals surface area contributed by atoms with E-state index in [9.17, 15) is 4.79 Å². The van der Waals surface area contributed by atoms with Crippen LogP contribution in [-0.4, -0.2) is 11.1 Å². The monoisotopic (exact) mass is 268 g/mol.